The summed E-state index contributed by atoms with van der Waals surface area (Å²) >= 11 is 1.41. The first-order chi connectivity index (χ1) is 7.74. The summed E-state index contributed by atoms with van der Waals surface area (Å²) in [6, 6.07) is 8.50. The summed E-state index contributed by atoms with van der Waals surface area (Å²) in [5, 5.41) is 7.84. The number of fused-ring (bicyclic) bond motifs is 1. The molecule has 0 bridgehead atoms. The first-order valence-corrected chi connectivity index (χ1v) is 6.98. The average Bonchev–Trinajstić information content (AvgIpc) is 2.67. The van der Waals surface area contributed by atoms with E-state index < -0.39 is 0 Å². The van der Waals surface area contributed by atoms with Gasteiger partial charge in [0.1, 0.15) is 0 Å². The maximum atomic E-state index is 7.84. The van der Waals surface area contributed by atoms with E-state index in [1.54, 1.807) is 0 Å². The molecule has 0 saturated carbocycles. The van der Waals surface area contributed by atoms with Gasteiger partial charge in [-0.25, -0.2) is 0 Å². The van der Waals surface area contributed by atoms with Crippen LogP contribution in [0.5, 0.6) is 0 Å². The van der Waals surface area contributed by atoms with Crippen molar-refractivity contribution >= 4 is 24.1 Å². The molecule has 1 aliphatic heterocycles. The third kappa shape index (κ3) is 3.27. The second-order valence-corrected chi connectivity index (χ2v) is 4.56. The second kappa shape index (κ2) is 6.99. The smallest absolute Gasteiger partial charge is 0.324 e. The highest BCUT2D eigenvalue weighted by atomic mass is 32.2. The van der Waals surface area contributed by atoms with Crippen LogP contribution in [0.25, 0.3) is 0 Å². The van der Waals surface area contributed by atoms with Crippen LogP contribution in [-0.4, -0.2) is 24.2 Å². The Bertz CT molecular complexity index is 318. The number of rotatable bonds is 2. The highest BCUT2D eigenvalue weighted by Gasteiger charge is 2.29. The third-order valence-corrected chi connectivity index (χ3v) is 2.91. The molecule has 16 heavy (non-hydrogen) atoms. The molecule has 0 spiro atoms. The van der Waals surface area contributed by atoms with Gasteiger partial charge in [-0.3, -0.25) is 0 Å². The fourth-order valence-electron chi connectivity index (χ4n) is 1.88. The largest absolute Gasteiger partial charge is 0.424 e. The highest BCUT2D eigenvalue weighted by Crippen LogP contribution is 2.26. The summed E-state index contributed by atoms with van der Waals surface area (Å²) in [7, 11) is 0. The number of hydrogen-bond donors (Lipinski definition) is 1. The van der Waals surface area contributed by atoms with Crippen molar-refractivity contribution in [3.8, 4) is 0 Å². The van der Waals surface area contributed by atoms with Gasteiger partial charge in [-0.2, -0.15) is 0 Å². The van der Waals surface area contributed by atoms with E-state index in [9.17, 15) is 0 Å². The van der Waals surface area contributed by atoms with Gasteiger partial charge in [-0.1, -0.05) is 38.0 Å². The van der Waals surface area contributed by atoms with E-state index in [0.29, 0.717) is 6.10 Å². The van der Waals surface area contributed by atoms with Crippen molar-refractivity contribution in [2.24, 2.45) is 0 Å². The molecule has 1 atom stereocenters. The first-order valence-electron chi connectivity index (χ1n) is 5.58. The van der Waals surface area contributed by atoms with E-state index in [2.05, 4.69) is 38.0 Å². The third-order valence-electron chi connectivity index (χ3n) is 2.65. The van der Waals surface area contributed by atoms with Crippen LogP contribution in [0.2, 0.25) is 6.82 Å². The average molecular weight is 238 g/mol. The molecule has 1 aromatic carbocycles. The van der Waals surface area contributed by atoms with Crippen LogP contribution in [0, 0.1) is 0 Å². The lowest BCUT2D eigenvalue weighted by Crippen LogP contribution is -2.23. The number of benzene rings is 1. The van der Waals surface area contributed by atoms with Gasteiger partial charge in [-0.05, 0) is 23.7 Å². The zero-order valence-corrected chi connectivity index (χ0v) is 11.0. The summed E-state index contributed by atoms with van der Waals surface area (Å²) in [6.07, 6.45) is 3.25. The van der Waals surface area contributed by atoms with Crippen LogP contribution in [0.3, 0.4) is 0 Å². The predicted octanol–water partition coefficient (Wildman–Crippen LogP) is 2.30. The molecule has 2 nitrogen and oxygen atoms in total. The summed E-state index contributed by atoms with van der Waals surface area (Å²) in [5.41, 5.74) is 2.75. The number of thioether (sulfide) groups is 1. The van der Waals surface area contributed by atoms with Gasteiger partial charge in [0.05, 0.1) is 12.0 Å². The van der Waals surface area contributed by atoms with Crippen molar-refractivity contribution in [1.82, 2.24) is 0 Å². The SMILES string of the molecule is CC[C@@H]1OB(C)c2ccccc21.CSCO. The lowest BCUT2D eigenvalue weighted by atomic mass is 9.64. The van der Waals surface area contributed by atoms with E-state index in [0.717, 1.165) is 6.42 Å². The van der Waals surface area contributed by atoms with Gasteiger partial charge in [0.2, 0.25) is 0 Å². The van der Waals surface area contributed by atoms with Crippen LogP contribution in [0.15, 0.2) is 24.3 Å². The zero-order valence-electron chi connectivity index (χ0n) is 10.1. The molecule has 0 fully saturated rings. The Labute approximate surface area is 103 Å². The Morgan fingerprint density at radius 1 is 1.44 bits per heavy atom. The van der Waals surface area contributed by atoms with Crippen LogP contribution < -0.4 is 5.46 Å². The lowest BCUT2D eigenvalue weighted by Gasteiger charge is -2.08. The molecule has 0 aliphatic carbocycles. The second-order valence-electron chi connectivity index (χ2n) is 3.72. The topological polar surface area (TPSA) is 29.5 Å². The van der Waals surface area contributed by atoms with E-state index in [-0.39, 0.29) is 12.9 Å². The molecule has 1 aromatic rings. The molecule has 2 rings (SSSR count). The summed E-state index contributed by atoms with van der Waals surface area (Å²) in [4.78, 5) is 0. The molecule has 4 heteroatoms. The molecule has 1 N–H and O–H groups in total. The quantitative estimate of drug-likeness (QED) is 0.633. The Morgan fingerprint density at radius 3 is 2.62 bits per heavy atom. The van der Waals surface area contributed by atoms with E-state index in [4.69, 9.17) is 9.76 Å². The molecular formula is C12H19BO2S. The molecule has 1 aliphatic rings. The molecule has 88 valence electrons. The number of aliphatic hydroxyl groups is 1. The Morgan fingerprint density at radius 2 is 2.06 bits per heavy atom. The zero-order chi connectivity index (χ0) is 12.0. The summed E-state index contributed by atoms with van der Waals surface area (Å²) in [5.74, 6) is 0.236. The van der Waals surface area contributed by atoms with E-state index >= 15 is 0 Å². The molecule has 0 saturated heterocycles. The van der Waals surface area contributed by atoms with Crippen molar-refractivity contribution in [2.75, 3.05) is 12.2 Å². The minimum atomic E-state index is 0.236. The molecule has 0 aromatic heterocycles. The van der Waals surface area contributed by atoms with Gasteiger partial charge < -0.3 is 9.76 Å². The predicted molar refractivity (Wildman–Crippen MR) is 72.4 cm³/mol. The summed E-state index contributed by atoms with van der Waals surface area (Å²) < 4.78 is 5.78. The fourth-order valence-corrected chi connectivity index (χ4v) is 1.88. The van der Waals surface area contributed by atoms with Crippen molar-refractivity contribution in [1.29, 1.82) is 0 Å². The number of hydrogen-bond acceptors (Lipinski definition) is 3. The van der Waals surface area contributed by atoms with Gasteiger partial charge in [-0.15, -0.1) is 11.8 Å². The molecular weight excluding hydrogens is 219 g/mol. The van der Waals surface area contributed by atoms with Gasteiger partial charge >= 0.3 is 6.92 Å². The van der Waals surface area contributed by atoms with E-state index in [1.807, 2.05) is 6.26 Å². The molecule has 0 amide bonds. The fraction of sp³-hybridized carbons (Fsp3) is 0.500. The summed E-state index contributed by atoms with van der Waals surface area (Å²) in [6.45, 7) is 4.57. The molecule has 1 heterocycles. The van der Waals surface area contributed by atoms with Gasteiger partial charge in [0.25, 0.3) is 0 Å². The van der Waals surface area contributed by atoms with Crippen LogP contribution in [0.4, 0.5) is 0 Å². The Kier molecular flexibility index (Phi) is 5.95. The maximum Gasteiger partial charge on any atom is 0.324 e. The normalized spacial score (nSPS) is 17.8. The van der Waals surface area contributed by atoms with Crippen LogP contribution >= 0.6 is 11.8 Å². The van der Waals surface area contributed by atoms with E-state index in [1.165, 1.54) is 22.8 Å². The molecule has 0 unspecified atom stereocenters. The monoisotopic (exact) mass is 238 g/mol. The van der Waals surface area contributed by atoms with Crippen LogP contribution in [0.1, 0.15) is 25.0 Å². The Hall–Kier alpha value is -0.445. The number of aliphatic hydroxyl groups excluding tert-OH is 1. The minimum absolute atomic E-state index is 0.236. The van der Waals surface area contributed by atoms with Gasteiger partial charge in [0, 0.05) is 0 Å². The Balaban J connectivity index is 0.000000280. The minimum Gasteiger partial charge on any atom is -0.424 e. The van der Waals surface area contributed by atoms with Crippen molar-refractivity contribution < 1.29 is 9.76 Å². The van der Waals surface area contributed by atoms with Crippen molar-refractivity contribution in [3.05, 3.63) is 29.8 Å². The van der Waals surface area contributed by atoms with Crippen molar-refractivity contribution in [2.45, 2.75) is 26.3 Å². The highest BCUT2D eigenvalue weighted by molar-refractivity contribution is 7.98. The standard InChI is InChI=1S/C10H13BO.C2H6OS/c1-3-10-8-6-4-5-7-9(8)11(2)12-10;1-4-2-3/h4-7,10H,3H2,1-2H3;3H,2H2,1H3/t10-;/m0./s1. The van der Waals surface area contributed by atoms with Crippen molar-refractivity contribution in [3.63, 3.8) is 0 Å². The first kappa shape index (κ1) is 13.6. The van der Waals surface area contributed by atoms with Gasteiger partial charge in [0.15, 0.2) is 0 Å². The lowest BCUT2D eigenvalue weighted by molar-refractivity contribution is 0.221. The molecule has 0 radical (unpaired) electrons. The maximum absolute atomic E-state index is 7.84. The van der Waals surface area contributed by atoms with Crippen LogP contribution in [-0.2, 0) is 4.65 Å².